The maximum Gasteiger partial charge on any atom is 0.301 e. The number of amides is 1. The second-order valence-corrected chi connectivity index (χ2v) is 5.60. The average molecular weight is 308 g/mol. The van der Waals surface area contributed by atoms with Gasteiger partial charge >= 0.3 is 6.01 Å². The molecule has 1 aromatic carbocycles. The Balaban J connectivity index is 1.71. The van der Waals surface area contributed by atoms with Gasteiger partial charge in [-0.15, -0.1) is 0 Å². The van der Waals surface area contributed by atoms with Crippen molar-refractivity contribution in [1.29, 1.82) is 0 Å². The van der Waals surface area contributed by atoms with Crippen molar-refractivity contribution < 1.29 is 9.21 Å². The van der Waals surface area contributed by atoms with Crippen LogP contribution < -0.4 is 5.32 Å². The van der Waals surface area contributed by atoms with Crippen LogP contribution in [0.25, 0.3) is 5.69 Å². The number of aryl methyl sites for hydroxylation is 1. The van der Waals surface area contributed by atoms with Gasteiger partial charge in [-0.1, -0.05) is 18.2 Å². The molecule has 1 aliphatic rings. The molecule has 1 aliphatic carbocycles. The SMILES string of the molecule is Cc1cnc(NC(=O)c2nn(-c3ccccc3)c3c2CCC3)o1. The highest BCUT2D eigenvalue weighted by molar-refractivity contribution is 6.03. The summed E-state index contributed by atoms with van der Waals surface area (Å²) in [5.74, 6) is 0.375. The second-order valence-electron chi connectivity index (χ2n) is 5.60. The van der Waals surface area contributed by atoms with E-state index in [4.69, 9.17) is 4.42 Å². The first-order valence-corrected chi connectivity index (χ1v) is 7.62. The Bertz CT molecular complexity index is 864. The number of nitrogens with zero attached hydrogens (tertiary/aromatic N) is 3. The molecule has 4 rings (SSSR count). The van der Waals surface area contributed by atoms with E-state index in [1.807, 2.05) is 35.0 Å². The molecular formula is C17H16N4O2. The summed E-state index contributed by atoms with van der Waals surface area (Å²) >= 11 is 0. The predicted molar refractivity (Wildman–Crippen MR) is 84.8 cm³/mol. The van der Waals surface area contributed by atoms with E-state index in [-0.39, 0.29) is 11.9 Å². The van der Waals surface area contributed by atoms with Crippen LogP contribution in [0, 0.1) is 6.92 Å². The van der Waals surface area contributed by atoms with Gasteiger partial charge in [0.05, 0.1) is 11.9 Å². The number of carbonyl (C=O) groups excluding carboxylic acids is 1. The lowest BCUT2D eigenvalue weighted by molar-refractivity contribution is 0.101. The largest absolute Gasteiger partial charge is 0.429 e. The summed E-state index contributed by atoms with van der Waals surface area (Å²) in [6.45, 7) is 1.78. The number of aromatic nitrogens is 3. The van der Waals surface area contributed by atoms with Crippen LogP contribution in [0.4, 0.5) is 6.01 Å². The normalized spacial score (nSPS) is 13.1. The summed E-state index contributed by atoms with van der Waals surface area (Å²) in [5, 5.41) is 7.22. The van der Waals surface area contributed by atoms with Gasteiger partial charge in [-0.2, -0.15) is 5.10 Å². The fraction of sp³-hybridized carbons (Fsp3) is 0.235. The number of benzene rings is 1. The monoisotopic (exact) mass is 308 g/mol. The zero-order valence-electron chi connectivity index (χ0n) is 12.7. The summed E-state index contributed by atoms with van der Waals surface area (Å²) in [6.07, 6.45) is 4.42. The van der Waals surface area contributed by atoms with Gasteiger partial charge in [-0.25, -0.2) is 9.67 Å². The molecule has 0 radical (unpaired) electrons. The van der Waals surface area contributed by atoms with Gasteiger partial charge in [0.2, 0.25) is 0 Å². The molecule has 1 amide bonds. The van der Waals surface area contributed by atoms with Crippen LogP contribution in [-0.2, 0) is 12.8 Å². The fourth-order valence-electron chi connectivity index (χ4n) is 2.97. The molecule has 1 N–H and O–H groups in total. The molecule has 0 saturated carbocycles. The highest BCUT2D eigenvalue weighted by atomic mass is 16.4. The van der Waals surface area contributed by atoms with Crippen LogP contribution in [0.1, 0.15) is 33.9 Å². The highest BCUT2D eigenvalue weighted by Gasteiger charge is 2.27. The number of hydrogen-bond donors (Lipinski definition) is 1. The molecule has 6 heteroatoms. The number of nitrogens with one attached hydrogen (secondary N) is 1. The zero-order chi connectivity index (χ0) is 15.8. The molecule has 0 saturated heterocycles. The Morgan fingerprint density at radius 2 is 2.09 bits per heavy atom. The topological polar surface area (TPSA) is 73.0 Å². The molecule has 116 valence electrons. The lowest BCUT2D eigenvalue weighted by Gasteiger charge is -2.04. The van der Waals surface area contributed by atoms with Gasteiger partial charge < -0.3 is 4.42 Å². The summed E-state index contributed by atoms with van der Waals surface area (Å²) in [4.78, 5) is 16.5. The Morgan fingerprint density at radius 1 is 1.26 bits per heavy atom. The van der Waals surface area contributed by atoms with Crippen molar-refractivity contribution >= 4 is 11.9 Å². The van der Waals surface area contributed by atoms with Crippen molar-refractivity contribution in [2.75, 3.05) is 5.32 Å². The first-order chi connectivity index (χ1) is 11.2. The lowest BCUT2D eigenvalue weighted by Crippen LogP contribution is -2.15. The lowest BCUT2D eigenvalue weighted by atomic mass is 10.2. The highest BCUT2D eigenvalue weighted by Crippen LogP contribution is 2.28. The van der Waals surface area contributed by atoms with E-state index in [2.05, 4.69) is 15.4 Å². The van der Waals surface area contributed by atoms with E-state index in [1.165, 1.54) is 0 Å². The molecule has 23 heavy (non-hydrogen) atoms. The van der Waals surface area contributed by atoms with Gasteiger partial charge in [0.15, 0.2) is 5.69 Å². The van der Waals surface area contributed by atoms with Gasteiger partial charge in [0.1, 0.15) is 5.76 Å². The number of oxazole rings is 1. The van der Waals surface area contributed by atoms with E-state index in [0.717, 1.165) is 36.2 Å². The standard InChI is InChI=1S/C17H16N4O2/c1-11-10-18-17(23-11)19-16(22)15-13-8-5-9-14(13)21(20-15)12-6-3-2-4-7-12/h2-4,6-7,10H,5,8-9H2,1H3,(H,18,19,22). The first-order valence-electron chi connectivity index (χ1n) is 7.62. The third-order valence-electron chi connectivity index (χ3n) is 3.99. The van der Waals surface area contributed by atoms with E-state index in [9.17, 15) is 4.79 Å². The van der Waals surface area contributed by atoms with E-state index in [1.54, 1.807) is 13.1 Å². The van der Waals surface area contributed by atoms with Crippen LogP contribution in [0.5, 0.6) is 0 Å². The van der Waals surface area contributed by atoms with Crippen LogP contribution in [0.3, 0.4) is 0 Å². The van der Waals surface area contributed by atoms with Crippen molar-refractivity contribution in [3.05, 3.63) is 59.2 Å². The number of fused-ring (bicyclic) bond motifs is 1. The molecule has 0 aliphatic heterocycles. The van der Waals surface area contributed by atoms with E-state index >= 15 is 0 Å². The molecular weight excluding hydrogens is 292 g/mol. The first kappa shape index (κ1) is 13.8. The summed E-state index contributed by atoms with van der Waals surface area (Å²) in [6, 6.07) is 10.1. The molecule has 0 spiro atoms. The minimum Gasteiger partial charge on any atom is -0.429 e. The third kappa shape index (κ3) is 2.42. The maximum absolute atomic E-state index is 12.5. The molecule has 0 atom stereocenters. The fourth-order valence-corrected chi connectivity index (χ4v) is 2.97. The van der Waals surface area contributed by atoms with E-state index < -0.39 is 0 Å². The van der Waals surface area contributed by atoms with Crippen molar-refractivity contribution in [2.45, 2.75) is 26.2 Å². The Labute approximate surface area is 133 Å². The Hall–Kier alpha value is -2.89. The minimum atomic E-state index is -0.278. The minimum absolute atomic E-state index is 0.202. The number of para-hydroxylation sites is 1. The maximum atomic E-state index is 12.5. The molecule has 0 bridgehead atoms. The molecule has 2 heterocycles. The van der Waals surface area contributed by atoms with Crippen LogP contribution >= 0.6 is 0 Å². The predicted octanol–water partition coefficient (Wildman–Crippen LogP) is 2.91. The number of anilines is 1. The molecule has 0 unspecified atom stereocenters. The van der Waals surface area contributed by atoms with Crippen molar-refractivity contribution in [1.82, 2.24) is 14.8 Å². The number of rotatable bonds is 3. The van der Waals surface area contributed by atoms with Crippen LogP contribution in [-0.4, -0.2) is 20.7 Å². The van der Waals surface area contributed by atoms with Crippen LogP contribution in [0.15, 0.2) is 40.9 Å². The molecule has 0 fully saturated rings. The van der Waals surface area contributed by atoms with Gasteiger partial charge in [-0.3, -0.25) is 10.1 Å². The Morgan fingerprint density at radius 3 is 2.83 bits per heavy atom. The Kier molecular flexibility index (Phi) is 3.22. The van der Waals surface area contributed by atoms with E-state index in [0.29, 0.717) is 11.5 Å². The van der Waals surface area contributed by atoms with Crippen molar-refractivity contribution in [3.63, 3.8) is 0 Å². The second kappa shape index (κ2) is 5.39. The van der Waals surface area contributed by atoms with Gasteiger partial charge in [0.25, 0.3) is 5.91 Å². The van der Waals surface area contributed by atoms with Crippen molar-refractivity contribution in [3.8, 4) is 5.69 Å². The molecule has 3 aromatic rings. The summed E-state index contributed by atoms with van der Waals surface area (Å²) < 4.78 is 7.18. The number of carbonyl (C=O) groups is 1. The summed E-state index contributed by atoms with van der Waals surface area (Å²) in [7, 11) is 0. The number of hydrogen-bond acceptors (Lipinski definition) is 4. The average Bonchev–Trinajstić information content (AvgIpc) is 3.24. The molecule has 6 nitrogen and oxygen atoms in total. The smallest absolute Gasteiger partial charge is 0.301 e. The third-order valence-corrected chi connectivity index (χ3v) is 3.99. The molecule has 2 aromatic heterocycles. The van der Waals surface area contributed by atoms with Crippen molar-refractivity contribution in [2.24, 2.45) is 0 Å². The van der Waals surface area contributed by atoms with Gasteiger partial charge in [-0.05, 0) is 38.3 Å². The quantitative estimate of drug-likeness (QED) is 0.807. The zero-order valence-corrected chi connectivity index (χ0v) is 12.7. The van der Waals surface area contributed by atoms with Crippen LogP contribution in [0.2, 0.25) is 0 Å². The van der Waals surface area contributed by atoms with Gasteiger partial charge in [0, 0.05) is 11.3 Å². The summed E-state index contributed by atoms with van der Waals surface area (Å²) in [5.41, 5.74) is 3.56.